The van der Waals surface area contributed by atoms with Crippen LogP contribution in [0.5, 0.6) is 0 Å². The SMILES string of the molecule is Cc1cccc2sc(N(Cc3ccccn3)C(=O)C3CCCN(S(=O)(=O)c4cccs4)C3)nc12. The first kappa shape index (κ1) is 23.1. The number of thiophene rings is 1. The minimum atomic E-state index is -3.60. The van der Waals surface area contributed by atoms with E-state index in [1.807, 2.05) is 43.3 Å². The molecule has 1 atom stereocenters. The average molecular weight is 513 g/mol. The van der Waals surface area contributed by atoms with E-state index in [1.54, 1.807) is 28.6 Å². The standard InChI is InChI=1S/C24H24N4O3S3/c1-17-7-4-10-20-22(17)26-24(33-20)28(16-19-9-2-3-12-25-19)23(29)18-8-5-13-27(15-18)34(30,31)21-11-6-14-32-21/h2-4,6-7,9-12,14,18H,5,8,13,15-16H2,1H3. The van der Waals surface area contributed by atoms with Crippen molar-refractivity contribution in [3.8, 4) is 0 Å². The number of nitrogens with zero attached hydrogens (tertiary/aromatic N) is 4. The molecule has 0 spiro atoms. The van der Waals surface area contributed by atoms with Gasteiger partial charge < -0.3 is 0 Å². The number of benzene rings is 1. The van der Waals surface area contributed by atoms with Crippen LogP contribution < -0.4 is 4.90 Å². The molecule has 0 aliphatic carbocycles. The lowest BCUT2D eigenvalue weighted by molar-refractivity contribution is -0.123. The smallest absolute Gasteiger partial charge is 0.252 e. The van der Waals surface area contributed by atoms with E-state index in [1.165, 1.54) is 27.0 Å². The van der Waals surface area contributed by atoms with Crippen LogP contribution in [-0.4, -0.2) is 41.7 Å². The molecule has 1 aliphatic rings. The second-order valence-corrected chi connectivity index (χ2v) is 12.4. The summed E-state index contributed by atoms with van der Waals surface area (Å²) in [4.78, 5) is 24.8. The van der Waals surface area contributed by atoms with E-state index in [4.69, 9.17) is 4.98 Å². The van der Waals surface area contributed by atoms with Gasteiger partial charge in [-0.05, 0) is 55.0 Å². The number of pyridine rings is 1. The fourth-order valence-corrected chi connectivity index (χ4v) is 7.92. The van der Waals surface area contributed by atoms with Gasteiger partial charge in [-0.1, -0.05) is 35.6 Å². The van der Waals surface area contributed by atoms with E-state index in [2.05, 4.69) is 4.98 Å². The Bertz CT molecular complexity index is 1400. The van der Waals surface area contributed by atoms with Gasteiger partial charge in [-0.2, -0.15) is 4.31 Å². The molecule has 3 aromatic heterocycles. The van der Waals surface area contributed by atoms with Crippen molar-refractivity contribution in [2.24, 2.45) is 5.92 Å². The Hall–Kier alpha value is -2.66. The van der Waals surface area contributed by atoms with E-state index in [0.717, 1.165) is 21.5 Å². The van der Waals surface area contributed by atoms with E-state index in [-0.39, 0.29) is 19.0 Å². The minimum Gasteiger partial charge on any atom is -0.282 e. The number of aromatic nitrogens is 2. The first-order valence-electron chi connectivity index (χ1n) is 11.0. The summed E-state index contributed by atoms with van der Waals surface area (Å²) in [7, 11) is -3.60. The van der Waals surface area contributed by atoms with Crippen molar-refractivity contribution in [1.82, 2.24) is 14.3 Å². The van der Waals surface area contributed by atoms with Gasteiger partial charge in [-0.3, -0.25) is 14.7 Å². The van der Waals surface area contributed by atoms with Gasteiger partial charge in [-0.25, -0.2) is 13.4 Å². The molecular weight excluding hydrogens is 488 g/mol. The van der Waals surface area contributed by atoms with Crippen molar-refractivity contribution in [2.45, 2.75) is 30.5 Å². The number of rotatable bonds is 6. The Kier molecular flexibility index (Phi) is 6.48. The van der Waals surface area contributed by atoms with Crippen molar-refractivity contribution < 1.29 is 13.2 Å². The summed E-state index contributed by atoms with van der Waals surface area (Å²) in [5.41, 5.74) is 2.69. The summed E-state index contributed by atoms with van der Waals surface area (Å²) in [5, 5.41) is 2.36. The zero-order valence-corrected chi connectivity index (χ0v) is 21.1. The summed E-state index contributed by atoms with van der Waals surface area (Å²) >= 11 is 2.67. The van der Waals surface area contributed by atoms with Gasteiger partial charge >= 0.3 is 0 Å². The molecular formula is C24H24N4O3S3. The van der Waals surface area contributed by atoms with Gasteiger partial charge in [0, 0.05) is 19.3 Å². The van der Waals surface area contributed by atoms with Gasteiger partial charge in [0.15, 0.2) is 5.13 Å². The van der Waals surface area contributed by atoms with Crippen LogP contribution in [0, 0.1) is 12.8 Å². The van der Waals surface area contributed by atoms with Crippen molar-refractivity contribution in [1.29, 1.82) is 0 Å². The zero-order valence-electron chi connectivity index (χ0n) is 18.6. The van der Waals surface area contributed by atoms with Crippen molar-refractivity contribution >= 4 is 54.0 Å². The normalized spacial score (nSPS) is 17.1. The van der Waals surface area contributed by atoms with Crippen molar-refractivity contribution in [2.75, 3.05) is 18.0 Å². The van der Waals surface area contributed by atoms with Crippen molar-refractivity contribution in [3.05, 3.63) is 71.4 Å². The van der Waals surface area contributed by atoms with Crippen LogP contribution in [0.3, 0.4) is 0 Å². The summed E-state index contributed by atoms with van der Waals surface area (Å²) < 4.78 is 29.0. The van der Waals surface area contributed by atoms with Crippen LogP contribution in [0.2, 0.25) is 0 Å². The Balaban J connectivity index is 1.46. The first-order chi connectivity index (χ1) is 16.4. The van der Waals surface area contributed by atoms with Crippen LogP contribution in [0.4, 0.5) is 5.13 Å². The predicted octanol–water partition coefficient (Wildman–Crippen LogP) is 4.70. The number of hydrogen-bond donors (Lipinski definition) is 0. The highest BCUT2D eigenvalue weighted by Crippen LogP contribution is 2.34. The van der Waals surface area contributed by atoms with Gasteiger partial charge in [-0.15, -0.1) is 11.3 Å². The van der Waals surface area contributed by atoms with E-state index < -0.39 is 15.9 Å². The highest BCUT2D eigenvalue weighted by Gasteiger charge is 2.36. The maximum atomic E-state index is 13.9. The summed E-state index contributed by atoms with van der Waals surface area (Å²) in [6.07, 6.45) is 2.98. The molecule has 10 heteroatoms. The highest BCUT2D eigenvalue weighted by molar-refractivity contribution is 7.91. The molecule has 1 saturated heterocycles. The van der Waals surface area contributed by atoms with E-state index in [0.29, 0.717) is 28.7 Å². The van der Waals surface area contributed by atoms with Crippen LogP contribution in [0.1, 0.15) is 24.1 Å². The zero-order chi connectivity index (χ0) is 23.7. The monoisotopic (exact) mass is 512 g/mol. The van der Waals surface area contributed by atoms with Crippen molar-refractivity contribution in [3.63, 3.8) is 0 Å². The van der Waals surface area contributed by atoms with E-state index >= 15 is 0 Å². The minimum absolute atomic E-state index is 0.117. The number of piperidine rings is 1. The van der Waals surface area contributed by atoms with Crippen LogP contribution >= 0.6 is 22.7 Å². The molecule has 7 nitrogen and oxygen atoms in total. The number of hydrogen-bond acceptors (Lipinski definition) is 7. The molecule has 1 unspecified atom stereocenters. The summed E-state index contributed by atoms with van der Waals surface area (Å²) in [6, 6.07) is 14.9. The number of para-hydroxylation sites is 1. The number of aryl methyl sites for hydroxylation is 1. The molecule has 176 valence electrons. The lowest BCUT2D eigenvalue weighted by atomic mass is 9.98. The van der Waals surface area contributed by atoms with Gasteiger partial charge in [0.1, 0.15) is 4.21 Å². The predicted molar refractivity (Wildman–Crippen MR) is 136 cm³/mol. The molecule has 1 fully saturated rings. The maximum Gasteiger partial charge on any atom is 0.252 e. The number of sulfonamides is 1. The topological polar surface area (TPSA) is 83.5 Å². The Morgan fingerprint density at radius 3 is 2.79 bits per heavy atom. The molecule has 0 N–H and O–H groups in total. The number of anilines is 1. The second-order valence-electron chi connectivity index (χ2n) is 8.30. The van der Waals surface area contributed by atoms with Gasteiger partial charge in [0.25, 0.3) is 10.0 Å². The number of amides is 1. The van der Waals surface area contributed by atoms with Crippen LogP contribution in [-0.2, 0) is 21.4 Å². The molecule has 0 saturated carbocycles. The summed E-state index contributed by atoms with van der Waals surface area (Å²) in [5.74, 6) is -0.561. The Labute approximate surface area is 206 Å². The summed E-state index contributed by atoms with van der Waals surface area (Å²) in [6.45, 7) is 2.88. The number of carbonyl (C=O) groups is 1. The number of carbonyl (C=O) groups excluding carboxylic acids is 1. The molecule has 1 amide bonds. The Morgan fingerprint density at radius 1 is 1.18 bits per heavy atom. The molecule has 1 aromatic carbocycles. The first-order valence-corrected chi connectivity index (χ1v) is 14.2. The quantitative estimate of drug-likeness (QED) is 0.374. The molecule has 5 rings (SSSR count). The second kappa shape index (κ2) is 9.53. The molecule has 4 heterocycles. The molecule has 4 aromatic rings. The van der Waals surface area contributed by atoms with E-state index in [9.17, 15) is 13.2 Å². The van der Waals surface area contributed by atoms with Gasteiger partial charge in [0.2, 0.25) is 5.91 Å². The maximum absolute atomic E-state index is 13.9. The average Bonchev–Trinajstić information content (AvgIpc) is 3.54. The van der Waals surface area contributed by atoms with Gasteiger partial charge in [0.05, 0.1) is 28.4 Å². The van der Waals surface area contributed by atoms with Crippen LogP contribution in [0.15, 0.2) is 64.3 Å². The fraction of sp³-hybridized carbons (Fsp3) is 0.292. The van der Waals surface area contributed by atoms with Crippen LogP contribution in [0.25, 0.3) is 10.2 Å². The number of thiazole rings is 1. The third kappa shape index (κ3) is 4.50. The molecule has 0 radical (unpaired) electrons. The molecule has 0 bridgehead atoms. The fourth-order valence-electron chi connectivity index (χ4n) is 4.20. The highest BCUT2D eigenvalue weighted by atomic mass is 32.2. The third-order valence-corrected chi connectivity index (χ3v) is 10.3. The number of fused-ring (bicyclic) bond motifs is 1. The third-order valence-electron chi connectivity index (χ3n) is 5.98. The Morgan fingerprint density at radius 2 is 2.06 bits per heavy atom. The largest absolute Gasteiger partial charge is 0.282 e. The lowest BCUT2D eigenvalue weighted by Crippen LogP contribution is -2.46. The molecule has 1 aliphatic heterocycles. The molecule has 34 heavy (non-hydrogen) atoms. The lowest BCUT2D eigenvalue weighted by Gasteiger charge is -2.33.